The maximum absolute atomic E-state index is 14.5. The third kappa shape index (κ3) is 6.26. The fraction of sp³-hybridized carbons (Fsp3) is 0.357. The molecule has 0 radical (unpaired) electrons. The maximum Gasteiger partial charge on any atom is 0.305 e. The summed E-state index contributed by atoms with van der Waals surface area (Å²) in [7, 11) is -2.90. The predicted octanol–water partition coefficient (Wildman–Crippen LogP) is 6.37. The molecule has 1 aliphatic heterocycles. The van der Waals surface area contributed by atoms with Gasteiger partial charge in [0.2, 0.25) is 10.1 Å². The molecule has 1 aliphatic rings. The van der Waals surface area contributed by atoms with Crippen molar-refractivity contribution in [3.8, 4) is 10.8 Å². The molecule has 3 aromatic rings. The number of anilines is 1. The van der Waals surface area contributed by atoms with Crippen LogP contribution in [-0.4, -0.2) is 45.7 Å². The van der Waals surface area contributed by atoms with Gasteiger partial charge >= 0.3 is 5.97 Å². The Morgan fingerprint density at radius 2 is 2.08 bits per heavy atom. The van der Waals surface area contributed by atoms with E-state index in [2.05, 4.69) is 4.98 Å². The molecule has 1 aromatic heterocycles. The van der Waals surface area contributed by atoms with E-state index in [1.165, 1.54) is 34.9 Å². The van der Waals surface area contributed by atoms with E-state index in [9.17, 15) is 17.6 Å². The molecule has 0 spiro atoms. The number of fused-ring (bicyclic) bond motifs is 1. The molecule has 0 saturated heterocycles. The number of rotatable bonds is 10. The number of aryl methyl sites for hydroxylation is 1. The summed E-state index contributed by atoms with van der Waals surface area (Å²) in [6.45, 7) is 5.62. The highest BCUT2D eigenvalue weighted by atomic mass is 35.5. The molecule has 40 heavy (non-hydrogen) atoms. The highest BCUT2D eigenvalue weighted by Crippen LogP contribution is 2.42. The van der Waals surface area contributed by atoms with Gasteiger partial charge in [-0.1, -0.05) is 48.1 Å². The minimum Gasteiger partial charge on any atom is -0.486 e. The van der Waals surface area contributed by atoms with Gasteiger partial charge in [-0.05, 0) is 62.1 Å². The minimum absolute atomic E-state index is 0.0534. The third-order valence-electron chi connectivity index (χ3n) is 6.28. The lowest BCUT2D eigenvalue weighted by Gasteiger charge is -2.35. The number of hydrogen-bond donors (Lipinski definition) is 0. The van der Waals surface area contributed by atoms with E-state index in [-0.39, 0.29) is 46.7 Å². The maximum atomic E-state index is 14.5. The zero-order valence-corrected chi connectivity index (χ0v) is 25.0. The van der Waals surface area contributed by atoms with Crippen molar-refractivity contribution in [3.63, 3.8) is 0 Å². The van der Waals surface area contributed by atoms with Gasteiger partial charge in [-0.25, -0.2) is 9.37 Å². The molecule has 8 nitrogen and oxygen atoms in total. The van der Waals surface area contributed by atoms with Crippen LogP contribution in [-0.2, 0) is 26.0 Å². The Hall–Kier alpha value is -3.15. The normalized spacial score (nSPS) is 15.4. The van der Waals surface area contributed by atoms with Crippen molar-refractivity contribution in [2.75, 3.05) is 24.6 Å². The second-order valence-electron chi connectivity index (χ2n) is 9.03. The van der Waals surface area contributed by atoms with E-state index in [0.717, 1.165) is 0 Å². The Balaban J connectivity index is 1.80. The van der Waals surface area contributed by atoms with E-state index in [0.29, 0.717) is 34.0 Å². The monoisotopic (exact) mass is 608 g/mol. The van der Waals surface area contributed by atoms with Crippen molar-refractivity contribution in [1.82, 2.24) is 4.98 Å². The molecule has 0 unspecified atom stereocenters. The third-order valence-corrected chi connectivity index (χ3v) is 9.52. The number of halogens is 2. The van der Waals surface area contributed by atoms with Crippen LogP contribution < -0.4 is 13.8 Å². The fourth-order valence-corrected chi connectivity index (χ4v) is 7.43. The first kappa shape index (κ1) is 29.8. The SMILES string of the molecule is CCOc1sc(CC)nc1S(=O)(=O)N1C[C@H](CCC(=O)OC)Oc2ccc(/C=C(\C)c3c(F)cccc3Cl)cc21. The number of benzene rings is 2. The summed E-state index contributed by atoms with van der Waals surface area (Å²) in [5, 5.41) is 0.962. The molecule has 2 aromatic carbocycles. The molecular weight excluding hydrogens is 579 g/mol. The van der Waals surface area contributed by atoms with Gasteiger partial charge in [0.1, 0.15) is 17.7 Å². The van der Waals surface area contributed by atoms with E-state index in [4.69, 9.17) is 25.8 Å². The number of nitrogens with zero attached hydrogens (tertiary/aromatic N) is 2. The first-order chi connectivity index (χ1) is 19.1. The molecule has 12 heteroatoms. The molecule has 0 amide bonds. The Labute approximate surface area is 242 Å². The minimum atomic E-state index is -4.20. The average Bonchev–Trinajstić information content (AvgIpc) is 3.35. The van der Waals surface area contributed by atoms with E-state index >= 15 is 0 Å². The summed E-state index contributed by atoms with van der Waals surface area (Å²) < 4.78 is 60.5. The summed E-state index contributed by atoms with van der Waals surface area (Å²) in [6.07, 6.45) is 1.98. The summed E-state index contributed by atoms with van der Waals surface area (Å²) in [4.78, 5) is 16.2. The summed E-state index contributed by atoms with van der Waals surface area (Å²) in [5.41, 5.74) is 1.74. The predicted molar refractivity (Wildman–Crippen MR) is 154 cm³/mol. The molecular formula is C28H30ClFN2O6S2. The number of carbonyl (C=O) groups is 1. The van der Waals surface area contributed by atoms with Crippen molar-refractivity contribution in [1.29, 1.82) is 0 Å². The Morgan fingerprint density at radius 3 is 2.75 bits per heavy atom. The first-order valence-corrected chi connectivity index (χ1v) is 15.4. The molecule has 0 bridgehead atoms. The van der Waals surface area contributed by atoms with Gasteiger partial charge in [-0.15, -0.1) is 0 Å². The second-order valence-corrected chi connectivity index (χ2v) is 12.3. The van der Waals surface area contributed by atoms with Crippen LogP contribution in [0.25, 0.3) is 11.6 Å². The lowest BCUT2D eigenvalue weighted by atomic mass is 10.0. The van der Waals surface area contributed by atoms with Crippen LogP contribution >= 0.6 is 22.9 Å². The number of esters is 1. The van der Waals surface area contributed by atoms with Gasteiger partial charge in [0.25, 0.3) is 10.0 Å². The van der Waals surface area contributed by atoms with Gasteiger partial charge in [0.05, 0.1) is 36.0 Å². The highest BCUT2D eigenvalue weighted by molar-refractivity contribution is 7.93. The fourth-order valence-electron chi connectivity index (χ4n) is 4.35. The summed E-state index contributed by atoms with van der Waals surface area (Å²) in [5.74, 6) is -0.552. The number of ether oxygens (including phenoxy) is 3. The average molecular weight is 609 g/mol. The van der Waals surface area contributed by atoms with Gasteiger partial charge in [0, 0.05) is 12.0 Å². The molecule has 4 rings (SSSR count). The van der Waals surface area contributed by atoms with Crippen molar-refractivity contribution in [2.24, 2.45) is 0 Å². The zero-order valence-electron chi connectivity index (χ0n) is 22.6. The van der Waals surface area contributed by atoms with Gasteiger partial charge in [-0.2, -0.15) is 8.42 Å². The standard InChI is InChI=1S/C28H30ClFN2O6S2/c1-5-24-31-27(28(39-24)37-6-2)40(34,35)32-16-19(11-13-25(33)36-4)38-23-12-10-18(15-22(23)32)14-17(3)26-20(29)8-7-9-21(26)30/h7-10,12,14-15,19H,5-6,11,13,16H2,1-4H3/b17-14+/t19-/m0/s1. The van der Waals surface area contributed by atoms with E-state index in [1.54, 1.807) is 44.2 Å². The van der Waals surface area contributed by atoms with Crippen LogP contribution in [0.1, 0.15) is 49.7 Å². The lowest BCUT2D eigenvalue weighted by Crippen LogP contribution is -2.44. The number of aromatic nitrogens is 1. The van der Waals surface area contributed by atoms with Crippen LogP contribution in [0, 0.1) is 5.82 Å². The zero-order chi connectivity index (χ0) is 29.0. The van der Waals surface area contributed by atoms with Gasteiger partial charge in [0.15, 0.2) is 0 Å². The Bertz CT molecular complexity index is 1520. The number of thiazole rings is 1. The van der Waals surface area contributed by atoms with Crippen molar-refractivity contribution in [3.05, 3.63) is 63.4 Å². The van der Waals surface area contributed by atoms with Crippen molar-refractivity contribution in [2.45, 2.75) is 51.2 Å². The Morgan fingerprint density at radius 1 is 1.30 bits per heavy atom. The van der Waals surface area contributed by atoms with Crippen LogP contribution in [0.4, 0.5) is 10.1 Å². The summed E-state index contributed by atoms with van der Waals surface area (Å²) in [6, 6.07) is 9.53. The van der Waals surface area contributed by atoms with Crippen LogP contribution in [0.3, 0.4) is 0 Å². The number of methoxy groups -OCH3 is 1. The van der Waals surface area contributed by atoms with Gasteiger partial charge < -0.3 is 14.2 Å². The van der Waals surface area contributed by atoms with Crippen LogP contribution in [0.15, 0.2) is 41.4 Å². The number of hydrogen-bond acceptors (Lipinski definition) is 8. The van der Waals surface area contributed by atoms with E-state index < -0.39 is 27.9 Å². The molecule has 0 aliphatic carbocycles. The molecule has 214 valence electrons. The van der Waals surface area contributed by atoms with E-state index in [1.807, 2.05) is 6.92 Å². The molecule has 0 saturated carbocycles. The molecule has 1 atom stereocenters. The molecule has 0 fully saturated rings. The number of sulfonamides is 1. The topological polar surface area (TPSA) is 95.0 Å². The summed E-state index contributed by atoms with van der Waals surface area (Å²) >= 11 is 7.45. The smallest absolute Gasteiger partial charge is 0.305 e. The van der Waals surface area contributed by atoms with Gasteiger partial charge in [-0.3, -0.25) is 9.10 Å². The Kier molecular flexibility index (Phi) is 9.37. The molecule has 0 N–H and O–H groups in total. The largest absolute Gasteiger partial charge is 0.486 e. The highest BCUT2D eigenvalue weighted by Gasteiger charge is 2.38. The number of carbonyl (C=O) groups excluding carboxylic acids is 1. The van der Waals surface area contributed by atoms with Crippen LogP contribution in [0.2, 0.25) is 5.02 Å². The lowest BCUT2D eigenvalue weighted by molar-refractivity contribution is -0.141. The molecule has 2 heterocycles. The quantitative estimate of drug-likeness (QED) is 0.195. The second kappa shape index (κ2) is 12.6. The van der Waals surface area contributed by atoms with Crippen molar-refractivity contribution >= 4 is 56.3 Å². The van der Waals surface area contributed by atoms with Crippen LogP contribution in [0.5, 0.6) is 10.8 Å². The number of allylic oxidation sites excluding steroid dienone is 1. The first-order valence-electron chi connectivity index (χ1n) is 12.7. The van der Waals surface area contributed by atoms with Crippen molar-refractivity contribution < 1.29 is 31.8 Å².